The van der Waals surface area contributed by atoms with Crippen LogP contribution >= 0.6 is 0 Å². The number of benzene rings is 1. The van der Waals surface area contributed by atoms with Gasteiger partial charge in [-0.25, -0.2) is 4.98 Å². The molecule has 186 valence electrons. The summed E-state index contributed by atoms with van der Waals surface area (Å²) >= 11 is 0. The lowest BCUT2D eigenvalue weighted by Crippen LogP contribution is -2.47. The third kappa shape index (κ3) is 5.94. The second-order valence-corrected chi connectivity index (χ2v) is 8.94. The first-order valence-electron chi connectivity index (χ1n) is 12.2. The second kappa shape index (κ2) is 10.8. The molecule has 35 heavy (non-hydrogen) atoms. The van der Waals surface area contributed by atoms with E-state index in [4.69, 9.17) is 4.42 Å². The topological polar surface area (TPSA) is 112 Å². The summed E-state index contributed by atoms with van der Waals surface area (Å²) in [6.45, 7) is 15.0. The van der Waals surface area contributed by atoms with Crippen molar-refractivity contribution in [2.75, 3.05) is 48.3 Å². The van der Waals surface area contributed by atoms with E-state index in [1.807, 2.05) is 39.8 Å². The zero-order chi connectivity index (χ0) is 24.9. The fourth-order valence-corrected chi connectivity index (χ4v) is 4.34. The van der Waals surface area contributed by atoms with Crippen LogP contribution in [0, 0.1) is 20.8 Å². The molecule has 2 N–H and O–H groups in total. The number of oxazole rings is 1. The fourth-order valence-electron chi connectivity index (χ4n) is 4.34. The molecule has 1 aliphatic rings. The number of hydrogen-bond donors (Lipinski definition) is 2. The molecule has 1 fully saturated rings. The molecule has 3 heterocycles. The summed E-state index contributed by atoms with van der Waals surface area (Å²) in [7, 11) is 0. The third-order valence-electron chi connectivity index (χ3n) is 6.04. The van der Waals surface area contributed by atoms with Crippen molar-refractivity contribution in [3.63, 3.8) is 0 Å². The van der Waals surface area contributed by atoms with E-state index in [2.05, 4.69) is 47.3 Å². The zero-order valence-corrected chi connectivity index (χ0v) is 21.2. The summed E-state index contributed by atoms with van der Waals surface area (Å²) in [6.07, 6.45) is 3.22. The predicted molar refractivity (Wildman–Crippen MR) is 137 cm³/mol. The molecule has 10 heteroatoms. The Labute approximate surface area is 206 Å². The predicted octanol–water partition coefficient (Wildman–Crippen LogP) is 3.88. The number of nitrogens with zero attached hydrogens (tertiary/aromatic N) is 6. The number of rotatable bonds is 8. The highest BCUT2D eigenvalue weighted by Crippen LogP contribution is 2.24. The Morgan fingerprint density at radius 1 is 1.03 bits per heavy atom. The number of anilines is 4. The maximum atomic E-state index is 12.8. The highest BCUT2D eigenvalue weighted by molar-refractivity contribution is 6.03. The van der Waals surface area contributed by atoms with Crippen LogP contribution in [0.25, 0.3) is 0 Å². The number of carbonyl (C=O) groups is 1. The van der Waals surface area contributed by atoms with Gasteiger partial charge in [-0.1, -0.05) is 31.5 Å². The minimum Gasteiger partial charge on any atom is -0.418 e. The van der Waals surface area contributed by atoms with Crippen LogP contribution in [0.3, 0.4) is 0 Å². The van der Waals surface area contributed by atoms with E-state index in [1.54, 1.807) is 0 Å². The van der Waals surface area contributed by atoms with Gasteiger partial charge in [-0.15, -0.1) is 0 Å². The van der Waals surface area contributed by atoms with E-state index in [1.165, 1.54) is 6.20 Å². The van der Waals surface area contributed by atoms with Crippen molar-refractivity contribution in [1.82, 2.24) is 24.8 Å². The molecule has 0 bridgehead atoms. The van der Waals surface area contributed by atoms with Crippen LogP contribution in [-0.2, 0) is 6.42 Å². The van der Waals surface area contributed by atoms with Crippen molar-refractivity contribution in [2.24, 2.45) is 0 Å². The van der Waals surface area contributed by atoms with Gasteiger partial charge in [0.25, 0.3) is 5.91 Å². The molecule has 2 aromatic heterocycles. The molecular weight excluding hydrogens is 444 g/mol. The maximum Gasteiger partial charge on any atom is 0.302 e. The molecule has 10 nitrogen and oxygen atoms in total. The summed E-state index contributed by atoms with van der Waals surface area (Å²) in [5.74, 6) is 1.41. The highest BCUT2D eigenvalue weighted by atomic mass is 16.4. The number of nitrogens with one attached hydrogen (secondary N) is 2. The molecule has 0 atom stereocenters. The lowest BCUT2D eigenvalue weighted by molar-refractivity contribution is 0.0997. The Balaban J connectivity index is 1.46. The van der Waals surface area contributed by atoms with Crippen molar-refractivity contribution in [3.8, 4) is 0 Å². The smallest absolute Gasteiger partial charge is 0.302 e. The van der Waals surface area contributed by atoms with Gasteiger partial charge in [0.15, 0.2) is 0 Å². The Hall–Kier alpha value is -3.53. The molecule has 3 aromatic rings. The van der Waals surface area contributed by atoms with Crippen LogP contribution in [0.2, 0.25) is 0 Å². The molecule has 1 aromatic carbocycles. The van der Waals surface area contributed by atoms with Gasteiger partial charge >= 0.3 is 6.01 Å². The normalized spacial score (nSPS) is 14.3. The van der Waals surface area contributed by atoms with E-state index in [9.17, 15) is 4.79 Å². The largest absolute Gasteiger partial charge is 0.418 e. The Kier molecular flexibility index (Phi) is 7.60. The van der Waals surface area contributed by atoms with Crippen molar-refractivity contribution >= 4 is 29.5 Å². The maximum absolute atomic E-state index is 12.8. The van der Waals surface area contributed by atoms with Crippen LogP contribution in [0.5, 0.6) is 0 Å². The summed E-state index contributed by atoms with van der Waals surface area (Å²) in [4.78, 5) is 35.3. The minimum absolute atomic E-state index is 0.101. The van der Waals surface area contributed by atoms with E-state index in [-0.39, 0.29) is 17.7 Å². The fraction of sp³-hybridized carbons (Fsp3) is 0.480. The van der Waals surface area contributed by atoms with Crippen molar-refractivity contribution in [2.45, 2.75) is 47.5 Å². The molecular formula is C25H34N8O2. The number of amides is 1. The molecule has 1 saturated heterocycles. The van der Waals surface area contributed by atoms with Crippen molar-refractivity contribution in [3.05, 3.63) is 46.6 Å². The quantitative estimate of drug-likeness (QED) is 0.498. The van der Waals surface area contributed by atoms with Crippen LogP contribution in [-0.4, -0.2) is 63.5 Å². The van der Waals surface area contributed by atoms with Gasteiger partial charge in [-0.3, -0.25) is 15.0 Å². The number of carbonyl (C=O) groups excluding carboxylic acids is 1. The Morgan fingerprint density at radius 3 is 2.40 bits per heavy atom. The number of hydrogen-bond acceptors (Lipinski definition) is 9. The van der Waals surface area contributed by atoms with E-state index in [0.29, 0.717) is 24.1 Å². The van der Waals surface area contributed by atoms with E-state index < -0.39 is 0 Å². The van der Waals surface area contributed by atoms with Crippen molar-refractivity contribution in [1.29, 1.82) is 0 Å². The highest BCUT2D eigenvalue weighted by Gasteiger charge is 2.21. The number of aryl methyl sites for hydroxylation is 4. The molecule has 4 rings (SSSR count). The summed E-state index contributed by atoms with van der Waals surface area (Å²) in [5, 5.41) is 5.93. The first-order valence-corrected chi connectivity index (χ1v) is 12.2. The van der Waals surface area contributed by atoms with Crippen LogP contribution in [0.15, 0.2) is 22.7 Å². The molecule has 0 spiro atoms. The monoisotopic (exact) mass is 478 g/mol. The first-order chi connectivity index (χ1) is 16.9. The van der Waals surface area contributed by atoms with Crippen LogP contribution in [0.1, 0.15) is 53.3 Å². The summed E-state index contributed by atoms with van der Waals surface area (Å²) < 4.78 is 5.67. The molecule has 1 aliphatic heterocycles. The zero-order valence-electron chi connectivity index (χ0n) is 21.2. The lowest BCUT2D eigenvalue weighted by Gasteiger charge is -2.34. The Bertz CT molecular complexity index is 1160. The molecule has 1 amide bonds. The molecule has 0 radical (unpaired) electrons. The first kappa shape index (κ1) is 24.6. The standard InChI is InChI=1S/C25H34N8O2/c1-6-8-32-9-11-33(12-10-32)24-28-20(7-2)27-23(30-24)31-25-26-15-19(35-25)22(34)29-21-17(4)13-16(3)14-18(21)5/h13-15H,6-12H2,1-5H3,(H,29,34)(H,26,27,28,30,31). The number of piperazine rings is 1. The summed E-state index contributed by atoms with van der Waals surface area (Å²) in [6, 6.07) is 4.21. The van der Waals surface area contributed by atoms with Gasteiger partial charge in [0.05, 0.1) is 6.20 Å². The minimum atomic E-state index is -0.365. The molecule has 0 aliphatic carbocycles. The van der Waals surface area contributed by atoms with Gasteiger partial charge in [-0.05, 0) is 44.9 Å². The average molecular weight is 479 g/mol. The van der Waals surface area contributed by atoms with Gasteiger partial charge in [0.2, 0.25) is 17.7 Å². The van der Waals surface area contributed by atoms with Gasteiger partial charge in [0.1, 0.15) is 5.82 Å². The van der Waals surface area contributed by atoms with E-state index >= 15 is 0 Å². The lowest BCUT2D eigenvalue weighted by atomic mass is 10.1. The van der Waals surface area contributed by atoms with Crippen LogP contribution < -0.4 is 15.5 Å². The number of aromatic nitrogens is 4. The SMILES string of the molecule is CCCN1CCN(c2nc(CC)nc(Nc3ncc(C(=O)Nc4c(C)cc(C)cc4C)o3)n2)CC1. The van der Waals surface area contributed by atoms with Gasteiger partial charge < -0.3 is 14.6 Å². The Morgan fingerprint density at radius 2 is 1.74 bits per heavy atom. The van der Waals surface area contributed by atoms with Crippen molar-refractivity contribution < 1.29 is 9.21 Å². The molecule has 0 saturated carbocycles. The third-order valence-corrected chi connectivity index (χ3v) is 6.04. The van der Waals surface area contributed by atoms with Gasteiger partial charge in [-0.2, -0.15) is 15.0 Å². The van der Waals surface area contributed by atoms with E-state index in [0.717, 1.165) is 61.5 Å². The van der Waals surface area contributed by atoms with Gasteiger partial charge in [0, 0.05) is 38.3 Å². The average Bonchev–Trinajstić information content (AvgIpc) is 3.30. The second-order valence-electron chi connectivity index (χ2n) is 8.94. The molecule has 0 unspecified atom stereocenters. The van der Waals surface area contributed by atoms with Crippen LogP contribution in [0.4, 0.5) is 23.6 Å². The summed E-state index contributed by atoms with van der Waals surface area (Å²) in [5.41, 5.74) is 3.92.